The molecule has 0 bridgehead atoms. The number of fused-ring (bicyclic) bond motifs is 3. The number of para-hydroxylation sites is 1. The van der Waals surface area contributed by atoms with E-state index in [1.54, 1.807) is 0 Å². The molecular weight excluding hydrogens is 404 g/mol. The molecule has 2 aromatic carbocycles. The van der Waals surface area contributed by atoms with Gasteiger partial charge in [0.25, 0.3) is 5.56 Å². The third-order valence-electron chi connectivity index (χ3n) is 6.43. The highest BCUT2D eigenvalue weighted by molar-refractivity contribution is 5.85. The molecule has 0 fully saturated rings. The Labute approximate surface area is 184 Å². The van der Waals surface area contributed by atoms with Crippen LogP contribution >= 0.6 is 0 Å². The number of nitrogens with one attached hydrogen (secondary N) is 3. The Hall–Kier alpha value is -3.58. The number of benzene rings is 2. The number of hydrogen-bond acceptors (Lipinski definition) is 4. The van der Waals surface area contributed by atoms with Crippen LogP contribution in [0.4, 0.5) is 0 Å². The van der Waals surface area contributed by atoms with Gasteiger partial charge in [-0.2, -0.15) is 0 Å². The molecule has 4 aromatic rings. The first-order valence-corrected chi connectivity index (χ1v) is 11.0. The van der Waals surface area contributed by atoms with Crippen molar-refractivity contribution >= 4 is 10.9 Å². The van der Waals surface area contributed by atoms with Crippen molar-refractivity contribution in [2.24, 2.45) is 0 Å². The van der Waals surface area contributed by atoms with Gasteiger partial charge in [-0.1, -0.05) is 48.5 Å². The normalized spacial score (nSPS) is 16.7. The zero-order chi connectivity index (χ0) is 22.2. The van der Waals surface area contributed by atoms with Crippen molar-refractivity contribution in [3.63, 3.8) is 0 Å². The molecule has 0 radical (unpaired) electrons. The van der Waals surface area contributed by atoms with E-state index in [9.17, 15) is 14.7 Å². The molecule has 4 N–H and O–H groups in total. The molecule has 2 aromatic heterocycles. The summed E-state index contributed by atoms with van der Waals surface area (Å²) in [5.41, 5.74) is 3.16. The molecule has 0 aliphatic carbocycles. The summed E-state index contributed by atoms with van der Waals surface area (Å²) in [5.74, 6) is -0.275. The van der Waals surface area contributed by atoms with E-state index in [1.807, 2.05) is 55.5 Å². The summed E-state index contributed by atoms with van der Waals surface area (Å²) in [5, 5.41) is 15.6. The predicted molar refractivity (Wildman–Crippen MR) is 124 cm³/mol. The van der Waals surface area contributed by atoms with E-state index >= 15 is 0 Å². The number of aromatic amines is 2. The molecule has 0 saturated heterocycles. The van der Waals surface area contributed by atoms with Gasteiger partial charge in [0.2, 0.25) is 5.88 Å². The monoisotopic (exact) mass is 430 g/mol. The van der Waals surface area contributed by atoms with Crippen molar-refractivity contribution < 1.29 is 5.11 Å². The van der Waals surface area contributed by atoms with Crippen molar-refractivity contribution in [3.05, 3.63) is 97.8 Å². The topological polar surface area (TPSA) is 103 Å². The van der Waals surface area contributed by atoms with E-state index in [1.165, 1.54) is 4.57 Å². The summed E-state index contributed by atoms with van der Waals surface area (Å²) in [6.07, 6.45) is 2.23. The van der Waals surface area contributed by atoms with Gasteiger partial charge in [0.1, 0.15) is 5.56 Å². The molecule has 0 saturated carbocycles. The second kappa shape index (κ2) is 8.16. The van der Waals surface area contributed by atoms with Crippen LogP contribution in [0.2, 0.25) is 0 Å². The average molecular weight is 431 g/mol. The van der Waals surface area contributed by atoms with Gasteiger partial charge in [0.15, 0.2) is 0 Å². The molecule has 164 valence electrons. The van der Waals surface area contributed by atoms with Gasteiger partial charge < -0.3 is 15.4 Å². The standard InChI is InChI=1S/C25H26N4O3/c1-15(11-12-16-7-3-2-4-8-16)29-24(31)20(23(30)28-25(29)32)22-21-18(13-14-26-22)17-9-5-6-10-19(17)27-21/h2-10,15,22,26-27,31H,11-14H2,1H3,(H,28,30,32)/t15-,22-/m1/s1. The van der Waals surface area contributed by atoms with Gasteiger partial charge in [-0.05, 0) is 43.4 Å². The minimum Gasteiger partial charge on any atom is -0.494 e. The van der Waals surface area contributed by atoms with Crippen LogP contribution in [0.25, 0.3) is 10.9 Å². The molecule has 1 aliphatic heterocycles. The molecule has 0 amide bonds. The van der Waals surface area contributed by atoms with E-state index in [0.29, 0.717) is 13.0 Å². The third-order valence-corrected chi connectivity index (χ3v) is 6.43. The van der Waals surface area contributed by atoms with Crippen molar-refractivity contribution in [1.29, 1.82) is 0 Å². The zero-order valence-corrected chi connectivity index (χ0v) is 17.9. The maximum Gasteiger partial charge on any atom is 0.331 e. The number of aromatic nitrogens is 3. The Kier molecular flexibility index (Phi) is 5.19. The molecule has 0 unspecified atom stereocenters. The number of aromatic hydroxyl groups is 1. The van der Waals surface area contributed by atoms with Gasteiger partial charge >= 0.3 is 5.69 Å². The first kappa shape index (κ1) is 20.3. The van der Waals surface area contributed by atoms with Crippen LogP contribution in [0.15, 0.2) is 64.2 Å². The van der Waals surface area contributed by atoms with Gasteiger partial charge in [-0.15, -0.1) is 0 Å². The quantitative estimate of drug-likeness (QED) is 0.391. The van der Waals surface area contributed by atoms with Gasteiger partial charge in [-0.25, -0.2) is 4.79 Å². The predicted octanol–water partition coefficient (Wildman–Crippen LogP) is 3.15. The van der Waals surface area contributed by atoms with Gasteiger partial charge in [-0.3, -0.25) is 14.3 Å². The van der Waals surface area contributed by atoms with E-state index in [4.69, 9.17) is 0 Å². The lowest BCUT2D eigenvalue weighted by molar-refractivity contribution is 0.349. The fourth-order valence-electron chi connectivity index (χ4n) is 4.80. The number of aryl methyl sites for hydroxylation is 1. The van der Waals surface area contributed by atoms with Crippen LogP contribution in [-0.4, -0.2) is 26.2 Å². The van der Waals surface area contributed by atoms with Crippen molar-refractivity contribution in [3.8, 4) is 5.88 Å². The fourth-order valence-corrected chi connectivity index (χ4v) is 4.80. The van der Waals surface area contributed by atoms with Crippen molar-refractivity contribution in [2.75, 3.05) is 6.54 Å². The molecule has 32 heavy (non-hydrogen) atoms. The highest BCUT2D eigenvalue weighted by Gasteiger charge is 2.31. The van der Waals surface area contributed by atoms with Crippen LogP contribution in [0.5, 0.6) is 5.88 Å². The SMILES string of the molecule is C[C@H](CCc1ccccc1)n1c(O)c([C@H]2NCCc3c2[nH]c2ccccc32)c(=O)[nH]c1=O. The Morgan fingerprint density at radius 3 is 2.62 bits per heavy atom. The summed E-state index contributed by atoms with van der Waals surface area (Å²) in [4.78, 5) is 31.4. The molecule has 0 spiro atoms. The van der Waals surface area contributed by atoms with Gasteiger partial charge in [0.05, 0.1) is 6.04 Å². The van der Waals surface area contributed by atoms with Crippen molar-refractivity contribution in [2.45, 2.75) is 38.3 Å². The van der Waals surface area contributed by atoms with E-state index in [0.717, 1.165) is 40.6 Å². The molecule has 5 rings (SSSR count). The number of H-pyrrole nitrogens is 2. The summed E-state index contributed by atoms with van der Waals surface area (Å²) in [7, 11) is 0. The summed E-state index contributed by atoms with van der Waals surface area (Å²) < 4.78 is 1.30. The van der Waals surface area contributed by atoms with Crippen LogP contribution < -0.4 is 16.6 Å². The molecular formula is C25H26N4O3. The Morgan fingerprint density at radius 2 is 1.81 bits per heavy atom. The molecule has 7 nitrogen and oxygen atoms in total. The average Bonchev–Trinajstić information content (AvgIpc) is 3.18. The highest BCUT2D eigenvalue weighted by Crippen LogP contribution is 2.35. The smallest absolute Gasteiger partial charge is 0.331 e. The van der Waals surface area contributed by atoms with Crippen LogP contribution in [-0.2, 0) is 12.8 Å². The summed E-state index contributed by atoms with van der Waals surface area (Å²) in [6, 6.07) is 17.2. The largest absolute Gasteiger partial charge is 0.494 e. The molecule has 2 atom stereocenters. The van der Waals surface area contributed by atoms with E-state index < -0.39 is 17.3 Å². The Bertz CT molecular complexity index is 1380. The lowest BCUT2D eigenvalue weighted by atomic mass is 9.95. The number of hydrogen-bond donors (Lipinski definition) is 4. The van der Waals surface area contributed by atoms with Crippen LogP contribution in [0.1, 0.15) is 47.8 Å². The fraction of sp³-hybridized carbons (Fsp3) is 0.280. The Morgan fingerprint density at radius 1 is 1.06 bits per heavy atom. The Balaban J connectivity index is 1.55. The second-order valence-corrected chi connectivity index (χ2v) is 8.44. The third kappa shape index (κ3) is 3.44. The summed E-state index contributed by atoms with van der Waals surface area (Å²) in [6.45, 7) is 2.55. The highest BCUT2D eigenvalue weighted by atomic mass is 16.3. The minimum atomic E-state index is -0.593. The van der Waals surface area contributed by atoms with E-state index in [-0.39, 0.29) is 17.5 Å². The molecule has 7 heteroatoms. The minimum absolute atomic E-state index is 0.170. The van der Waals surface area contributed by atoms with E-state index in [2.05, 4.69) is 21.4 Å². The van der Waals surface area contributed by atoms with Crippen molar-refractivity contribution in [1.82, 2.24) is 19.9 Å². The first-order valence-electron chi connectivity index (χ1n) is 11.0. The van der Waals surface area contributed by atoms with Gasteiger partial charge in [0, 0.05) is 29.2 Å². The molecule has 1 aliphatic rings. The second-order valence-electron chi connectivity index (χ2n) is 8.44. The number of rotatable bonds is 5. The lowest BCUT2D eigenvalue weighted by Crippen LogP contribution is -2.39. The lowest BCUT2D eigenvalue weighted by Gasteiger charge is -2.26. The van der Waals surface area contributed by atoms with Crippen LogP contribution in [0.3, 0.4) is 0 Å². The first-order chi connectivity index (χ1) is 15.5. The maximum absolute atomic E-state index is 12.9. The zero-order valence-electron chi connectivity index (χ0n) is 17.9. The summed E-state index contributed by atoms with van der Waals surface area (Å²) >= 11 is 0. The number of nitrogens with zero attached hydrogens (tertiary/aromatic N) is 1. The maximum atomic E-state index is 12.9. The molecule has 3 heterocycles. The van der Waals surface area contributed by atoms with Crippen LogP contribution in [0, 0.1) is 0 Å².